The zero-order valence-electron chi connectivity index (χ0n) is 24.1. The molecule has 8 nitrogen and oxygen atoms in total. The van der Waals surface area contributed by atoms with Gasteiger partial charge in [-0.3, -0.25) is 14.2 Å². The number of hydrogen-bond donors (Lipinski definition) is 3. The standard InChI is InChI=1S/C33H29F4O8P/c34-32(35,40)27-15-11-23(12-16-27)19-31(29(38)44-21-25-7-3-1-4-8-25,30(39)45-22-26-9-5-2-6-10-26)20-24-13-17-28(18-14-24)33(36,37)46(41,42)43/h1-18,40H,19-22H2,(H2,41,42,43). The normalized spacial score (nSPS) is 12.4. The molecule has 0 fully saturated rings. The highest BCUT2D eigenvalue weighted by Gasteiger charge is 2.51. The molecule has 0 aromatic heterocycles. The summed E-state index contributed by atoms with van der Waals surface area (Å²) >= 11 is 0. The van der Waals surface area contributed by atoms with Crippen molar-refractivity contribution in [2.24, 2.45) is 5.41 Å². The van der Waals surface area contributed by atoms with Gasteiger partial charge in [-0.2, -0.15) is 17.6 Å². The minimum Gasteiger partial charge on any atom is -0.460 e. The number of aliphatic hydroxyl groups is 1. The van der Waals surface area contributed by atoms with Gasteiger partial charge in [0, 0.05) is 5.56 Å². The summed E-state index contributed by atoms with van der Waals surface area (Å²) in [6.07, 6.45) is -5.09. The Balaban J connectivity index is 1.76. The number of ether oxygens (including phenoxy) is 2. The van der Waals surface area contributed by atoms with Gasteiger partial charge in [-0.15, -0.1) is 0 Å². The van der Waals surface area contributed by atoms with E-state index in [1.54, 1.807) is 60.7 Å². The summed E-state index contributed by atoms with van der Waals surface area (Å²) in [5.41, 5.74) is -6.93. The van der Waals surface area contributed by atoms with Crippen molar-refractivity contribution < 1.29 is 56.1 Å². The largest absolute Gasteiger partial charge is 0.460 e. The first-order valence-corrected chi connectivity index (χ1v) is 15.4. The number of rotatable bonds is 13. The molecule has 0 aliphatic heterocycles. The minimum absolute atomic E-state index is 0.122. The zero-order chi connectivity index (χ0) is 33.6. The molecule has 242 valence electrons. The average molecular weight is 661 g/mol. The number of hydrogen-bond acceptors (Lipinski definition) is 6. The molecule has 0 radical (unpaired) electrons. The number of halogens is 4. The van der Waals surface area contributed by atoms with Gasteiger partial charge in [0.15, 0.2) is 5.41 Å². The molecule has 0 saturated heterocycles. The molecule has 0 unspecified atom stereocenters. The lowest BCUT2D eigenvalue weighted by Crippen LogP contribution is -2.45. The van der Waals surface area contributed by atoms with E-state index in [0.717, 1.165) is 36.4 Å². The zero-order valence-corrected chi connectivity index (χ0v) is 25.0. The Morgan fingerprint density at radius 2 is 0.957 bits per heavy atom. The van der Waals surface area contributed by atoms with E-state index in [2.05, 4.69) is 0 Å². The maximum atomic E-state index is 14.3. The maximum absolute atomic E-state index is 14.3. The van der Waals surface area contributed by atoms with Crippen LogP contribution in [0.15, 0.2) is 109 Å². The second kappa shape index (κ2) is 14.0. The average Bonchev–Trinajstić information content (AvgIpc) is 3.02. The van der Waals surface area contributed by atoms with Gasteiger partial charge in [0.1, 0.15) is 13.2 Å². The first kappa shape index (κ1) is 34.5. The number of carbonyl (C=O) groups excluding carboxylic acids is 2. The predicted octanol–water partition coefficient (Wildman–Crippen LogP) is 6.21. The molecular weight excluding hydrogens is 631 g/mol. The van der Waals surface area contributed by atoms with Crippen molar-refractivity contribution >= 4 is 19.5 Å². The third-order valence-electron chi connectivity index (χ3n) is 7.19. The second-order valence-electron chi connectivity index (χ2n) is 10.6. The monoisotopic (exact) mass is 660 g/mol. The topological polar surface area (TPSA) is 130 Å². The molecule has 0 amide bonds. The van der Waals surface area contributed by atoms with Gasteiger partial charge in [0.2, 0.25) is 0 Å². The van der Waals surface area contributed by atoms with Crippen LogP contribution in [0.2, 0.25) is 0 Å². The molecule has 0 aliphatic carbocycles. The highest BCUT2D eigenvalue weighted by Crippen LogP contribution is 2.59. The van der Waals surface area contributed by atoms with E-state index >= 15 is 0 Å². The second-order valence-corrected chi connectivity index (χ2v) is 12.2. The van der Waals surface area contributed by atoms with E-state index in [0.29, 0.717) is 11.1 Å². The van der Waals surface area contributed by atoms with Gasteiger partial charge >= 0.3 is 31.3 Å². The lowest BCUT2D eigenvalue weighted by molar-refractivity contribution is -0.208. The Morgan fingerprint density at radius 1 is 0.587 bits per heavy atom. The van der Waals surface area contributed by atoms with Crippen molar-refractivity contribution in [1.82, 2.24) is 0 Å². The van der Waals surface area contributed by atoms with E-state index in [1.165, 1.54) is 12.1 Å². The van der Waals surface area contributed by atoms with Crippen LogP contribution < -0.4 is 0 Å². The first-order chi connectivity index (χ1) is 21.6. The van der Waals surface area contributed by atoms with Gasteiger partial charge in [-0.25, -0.2) is 0 Å². The molecule has 4 rings (SSSR count). The van der Waals surface area contributed by atoms with Crippen molar-refractivity contribution in [1.29, 1.82) is 0 Å². The molecule has 0 saturated carbocycles. The lowest BCUT2D eigenvalue weighted by atomic mass is 9.76. The van der Waals surface area contributed by atoms with Crippen LogP contribution >= 0.6 is 7.60 Å². The highest BCUT2D eigenvalue weighted by molar-refractivity contribution is 7.52. The fourth-order valence-electron chi connectivity index (χ4n) is 4.67. The van der Waals surface area contributed by atoms with Crippen LogP contribution in [-0.4, -0.2) is 26.8 Å². The molecule has 0 spiro atoms. The van der Waals surface area contributed by atoms with Crippen LogP contribution in [0.3, 0.4) is 0 Å². The molecule has 46 heavy (non-hydrogen) atoms. The Morgan fingerprint density at radius 3 is 1.30 bits per heavy atom. The fourth-order valence-corrected chi connectivity index (χ4v) is 5.15. The van der Waals surface area contributed by atoms with E-state index < -0.39 is 60.7 Å². The first-order valence-electron chi connectivity index (χ1n) is 13.8. The number of alkyl halides is 4. The molecule has 0 atom stereocenters. The van der Waals surface area contributed by atoms with Crippen molar-refractivity contribution in [3.05, 3.63) is 143 Å². The maximum Gasteiger partial charge on any atom is 0.399 e. The van der Waals surface area contributed by atoms with E-state index in [4.69, 9.17) is 24.4 Å². The number of carbonyl (C=O) groups is 2. The van der Waals surface area contributed by atoms with Crippen LogP contribution in [0.25, 0.3) is 0 Å². The van der Waals surface area contributed by atoms with E-state index in [1.807, 2.05) is 0 Å². The number of esters is 2. The third kappa shape index (κ3) is 8.27. The molecule has 0 bridgehead atoms. The summed E-state index contributed by atoms with van der Waals surface area (Å²) in [7, 11) is -5.87. The molecule has 3 N–H and O–H groups in total. The molecule has 13 heteroatoms. The van der Waals surface area contributed by atoms with Gasteiger partial charge < -0.3 is 24.4 Å². The van der Waals surface area contributed by atoms with Gasteiger partial charge in [0.05, 0.1) is 5.56 Å². The van der Waals surface area contributed by atoms with Crippen molar-refractivity contribution in [2.75, 3.05) is 0 Å². The third-order valence-corrected chi connectivity index (χ3v) is 8.18. The Hall–Kier alpha value is -4.35. The highest BCUT2D eigenvalue weighted by atomic mass is 31.2. The summed E-state index contributed by atoms with van der Waals surface area (Å²) < 4.78 is 78.2. The summed E-state index contributed by atoms with van der Waals surface area (Å²) in [4.78, 5) is 46.2. The SMILES string of the molecule is O=C(OCc1ccccc1)C(Cc1ccc(C(O)(F)F)cc1)(Cc1ccc(C(F)(F)P(=O)(O)O)cc1)C(=O)OCc1ccccc1. The Kier molecular flexibility index (Phi) is 10.5. The lowest BCUT2D eigenvalue weighted by Gasteiger charge is -2.30. The Labute approximate surface area is 261 Å². The van der Waals surface area contributed by atoms with Gasteiger partial charge in [0.25, 0.3) is 0 Å². The van der Waals surface area contributed by atoms with Crippen molar-refractivity contribution in [3.63, 3.8) is 0 Å². The van der Waals surface area contributed by atoms with Crippen LogP contribution in [0.5, 0.6) is 0 Å². The molecule has 4 aromatic rings. The summed E-state index contributed by atoms with van der Waals surface area (Å²) in [6, 6.07) is 24.9. The summed E-state index contributed by atoms with van der Waals surface area (Å²) in [5.74, 6) is -2.12. The Bertz CT molecular complexity index is 1620. The quantitative estimate of drug-likeness (QED) is 0.0668. The molecule has 0 heterocycles. The predicted molar refractivity (Wildman–Crippen MR) is 157 cm³/mol. The van der Waals surface area contributed by atoms with Crippen LogP contribution in [0.1, 0.15) is 33.4 Å². The van der Waals surface area contributed by atoms with E-state index in [-0.39, 0.29) is 24.3 Å². The van der Waals surface area contributed by atoms with Gasteiger partial charge in [-0.05, 0) is 35.1 Å². The van der Waals surface area contributed by atoms with Crippen LogP contribution in [0.4, 0.5) is 17.6 Å². The van der Waals surface area contributed by atoms with Crippen LogP contribution in [-0.2, 0) is 61.5 Å². The van der Waals surface area contributed by atoms with Crippen molar-refractivity contribution in [3.8, 4) is 0 Å². The molecule has 0 aliphatic rings. The minimum atomic E-state index is -5.87. The number of benzene rings is 4. The molecule has 4 aromatic carbocycles. The summed E-state index contributed by atoms with van der Waals surface area (Å²) in [6.45, 7) is -0.507. The van der Waals surface area contributed by atoms with E-state index in [9.17, 15) is 31.7 Å². The fraction of sp³-hybridized carbons (Fsp3) is 0.212. The molecular formula is C33H29F4O8P. The summed E-state index contributed by atoms with van der Waals surface area (Å²) in [5, 5.41) is 9.09. The smallest absolute Gasteiger partial charge is 0.399 e. The van der Waals surface area contributed by atoms with Crippen LogP contribution in [0, 0.1) is 5.41 Å². The van der Waals surface area contributed by atoms with Crippen molar-refractivity contribution in [2.45, 2.75) is 37.8 Å². The van der Waals surface area contributed by atoms with Gasteiger partial charge in [-0.1, -0.05) is 109 Å².